The van der Waals surface area contributed by atoms with Gasteiger partial charge in [0.1, 0.15) is 0 Å². The summed E-state index contributed by atoms with van der Waals surface area (Å²) in [4.78, 5) is 14.1. The Balaban J connectivity index is 1.77. The number of hydrogen-bond donors (Lipinski definition) is 1. The van der Waals surface area contributed by atoms with Crippen LogP contribution in [0, 0.1) is 11.8 Å². The highest BCUT2D eigenvalue weighted by molar-refractivity contribution is 7.99. The zero-order valence-electron chi connectivity index (χ0n) is 10.1. The number of thioether (sulfide) groups is 1. The van der Waals surface area contributed by atoms with Gasteiger partial charge in [0, 0.05) is 25.3 Å². The Kier molecular flexibility index (Phi) is 4.53. The van der Waals surface area contributed by atoms with Crippen LogP contribution in [0.2, 0.25) is 0 Å². The molecule has 2 fully saturated rings. The van der Waals surface area contributed by atoms with E-state index < -0.39 is 0 Å². The Bertz CT molecular complexity index is 235. The molecule has 0 bridgehead atoms. The molecule has 0 aliphatic carbocycles. The maximum Gasteiger partial charge on any atom is 0.226 e. The van der Waals surface area contributed by atoms with Gasteiger partial charge in [-0.15, -0.1) is 0 Å². The SMILES string of the molecule is CN(CC1CCNCC1)C(=O)C1CCSC1. The summed E-state index contributed by atoms with van der Waals surface area (Å²) >= 11 is 1.92. The van der Waals surface area contributed by atoms with Crippen molar-refractivity contribution >= 4 is 17.7 Å². The molecule has 2 rings (SSSR count). The molecule has 1 atom stereocenters. The second kappa shape index (κ2) is 5.92. The first kappa shape index (κ1) is 12.2. The topological polar surface area (TPSA) is 32.3 Å². The van der Waals surface area contributed by atoms with Crippen LogP contribution in [0.3, 0.4) is 0 Å². The van der Waals surface area contributed by atoms with Gasteiger partial charge in [0.25, 0.3) is 0 Å². The van der Waals surface area contributed by atoms with E-state index in [0.29, 0.717) is 17.7 Å². The molecule has 1 N–H and O–H groups in total. The van der Waals surface area contributed by atoms with Crippen LogP contribution in [0.25, 0.3) is 0 Å². The predicted octanol–water partition coefficient (Wildman–Crippen LogP) is 1.20. The summed E-state index contributed by atoms with van der Waals surface area (Å²) in [6.07, 6.45) is 3.52. The van der Waals surface area contributed by atoms with Gasteiger partial charge in [-0.2, -0.15) is 11.8 Å². The Hall–Kier alpha value is -0.220. The molecule has 2 aliphatic rings. The molecule has 0 aromatic carbocycles. The highest BCUT2D eigenvalue weighted by Crippen LogP contribution is 2.25. The van der Waals surface area contributed by atoms with Crippen molar-refractivity contribution in [1.82, 2.24) is 10.2 Å². The Morgan fingerprint density at radius 3 is 2.75 bits per heavy atom. The average Bonchev–Trinajstić information content (AvgIpc) is 2.83. The van der Waals surface area contributed by atoms with E-state index in [4.69, 9.17) is 0 Å². The number of rotatable bonds is 3. The quantitative estimate of drug-likeness (QED) is 0.807. The van der Waals surface area contributed by atoms with Gasteiger partial charge in [0.05, 0.1) is 0 Å². The molecule has 4 heteroatoms. The van der Waals surface area contributed by atoms with E-state index in [-0.39, 0.29) is 0 Å². The van der Waals surface area contributed by atoms with E-state index in [1.54, 1.807) is 0 Å². The summed E-state index contributed by atoms with van der Waals surface area (Å²) in [6, 6.07) is 0. The standard InChI is InChI=1S/C12H22N2OS/c1-14(8-10-2-5-13-6-3-10)12(15)11-4-7-16-9-11/h10-11,13H,2-9H2,1H3. The Morgan fingerprint density at radius 2 is 2.12 bits per heavy atom. The first-order valence-corrected chi connectivity index (χ1v) is 7.46. The van der Waals surface area contributed by atoms with E-state index in [9.17, 15) is 4.79 Å². The monoisotopic (exact) mass is 242 g/mol. The van der Waals surface area contributed by atoms with Crippen LogP contribution in [0.15, 0.2) is 0 Å². The molecule has 92 valence electrons. The molecule has 1 amide bonds. The lowest BCUT2D eigenvalue weighted by molar-refractivity contribution is -0.134. The smallest absolute Gasteiger partial charge is 0.226 e. The highest BCUT2D eigenvalue weighted by Gasteiger charge is 2.27. The van der Waals surface area contributed by atoms with Crippen LogP contribution < -0.4 is 5.32 Å². The van der Waals surface area contributed by atoms with Crippen molar-refractivity contribution in [2.24, 2.45) is 11.8 Å². The van der Waals surface area contributed by atoms with E-state index in [1.807, 2.05) is 23.7 Å². The minimum absolute atomic E-state index is 0.303. The molecule has 0 aromatic heterocycles. The van der Waals surface area contributed by atoms with Crippen LogP contribution in [0.5, 0.6) is 0 Å². The molecule has 0 aromatic rings. The minimum Gasteiger partial charge on any atom is -0.345 e. The number of amides is 1. The van der Waals surface area contributed by atoms with Crippen LogP contribution >= 0.6 is 11.8 Å². The third kappa shape index (κ3) is 3.14. The summed E-state index contributed by atoms with van der Waals surface area (Å²) in [5.74, 6) is 3.59. The average molecular weight is 242 g/mol. The van der Waals surface area contributed by atoms with Crippen molar-refractivity contribution in [2.75, 3.05) is 38.2 Å². The van der Waals surface area contributed by atoms with Crippen molar-refractivity contribution in [1.29, 1.82) is 0 Å². The fourth-order valence-corrected chi connectivity index (χ4v) is 3.79. The minimum atomic E-state index is 0.303. The molecular weight excluding hydrogens is 220 g/mol. The van der Waals surface area contributed by atoms with Gasteiger partial charge < -0.3 is 10.2 Å². The van der Waals surface area contributed by atoms with E-state index in [0.717, 1.165) is 37.6 Å². The summed E-state index contributed by atoms with van der Waals surface area (Å²) in [7, 11) is 1.98. The van der Waals surface area contributed by atoms with Crippen LogP contribution in [0.1, 0.15) is 19.3 Å². The van der Waals surface area contributed by atoms with Gasteiger partial charge in [0.2, 0.25) is 5.91 Å². The van der Waals surface area contributed by atoms with Crippen molar-refractivity contribution in [3.63, 3.8) is 0 Å². The van der Waals surface area contributed by atoms with Crippen molar-refractivity contribution in [3.05, 3.63) is 0 Å². The van der Waals surface area contributed by atoms with E-state index in [1.165, 1.54) is 12.8 Å². The van der Waals surface area contributed by atoms with Crippen molar-refractivity contribution in [3.8, 4) is 0 Å². The normalized spacial score (nSPS) is 26.9. The lowest BCUT2D eigenvalue weighted by Crippen LogP contribution is -2.39. The fraction of sp³-hybridized carbons (Fsp3) is 0.917. The molecule has 1 unspecified atom stereocenters. The first-order chi connectivity index (χ1) is 7.77. The van der Waals surface area contributed by atoms with Crippen molar-refractivity contribution < 1.29 is 4.79 Å². The molecule has 0 spiro atoms. The Morgan fingerprint density at radius 1 is 1.38 bits per heavy atom. The number of nitrogens with zero attached hydrogens (tertiary/aromatic N) is 1. The lowest BCUT2D eigenvalue weighted by atomic mass is 9.97. The third-order valence-electron chi connectivity index (χ3n) is 3.65. The van der Waals surface area contributed by atoms with Gasteiger partial charge in [-0.1, -0.05) is 0 Å². The number of hydrogen-bond acceptors (Lipinski definition) is 3. The summed E-state index contributed by atoms with van der Waals surface area (Å²) in [6.45, 7) is 3.19. The molecule has 16 heavy (non-hydrogen) atoms. The largest absolute Gasteiger partial charge is 0.345 e. The molecule has 2 saturated heterocycles. The van der Waals surface area contributed by atoms with Gasteiger partial charge in [0.15, 0.2) is 0 Å². The number of piperidine rings is 1. The summed E-state index contributed by atoms with van der Waals surface area (Å²) < 4.78 is 0. The van der Waals surface area contributed by atoms with Gasteiger partial charge >= 0.3 is 0 Å². The first-order valence-electron chi connectivity index (χ1n) is 6.31. The zero-order valence-corrected chi connectivity index (χ0v) is 10.9. The second-order valence-electron chi connectivity index (χ2n) is 4.97. The van der Waals surface area contributed by atoms with Gasteiger partial charge in [-0.25, -0.2) is 0 Å². The molecule has 2 aliphatic heterocycles. The number of carbonyl (C=O) groups excluding carboxylic acids is 1. The molecule has 2 heterocycles. The molecule has 0 radical (unpaired) electrons. The Labute approximate surface area is 102 Å². The van der Waals surface area contributed by atoms with Crippen LogP contribution in [0.4, 0.5) is 0 Å². The summed E-state index contributed by atoms with van der Waals surface area (Å²) in [5, 5.41) is 3.37. The lowest BCUT2D eigenvalue weighted by Gasteiger charge is -2.28. The predicted molar refractivity (Wildman–Crippen MR) is 68.7 cm³/mol. The second-order valence-corrected chi connectivity index (χ2v) is 6.12. The molecule has 3 nitrogen and oxygen atoms in total. The summed E-state index contributed by atoms with van der Waals surface area (Å²) in [5.41, 5.74) is 0. The fourth-order valence-electron chi connectivity index (χ4n) is 2.58. The van der Waals surface area contributed by atoms with Gasteiger partial charge in [-0.3, -0.25) is 4.79 Å². The number of carbonyl (C=O) groups is 1. The van der Waals surface area contributed by atoms with Gasteiger partial charge in [-0.05, 0) is 44.0 Å². The molecule has 0 saturated carbocycles. The highest BCUT2D eigenvalue weighted by atomic mass is 32.2. The third-order valence-corrected chi connectivity index (χ3v) is 4.81. The van der Waals surface area contributed by atoms with E-state index >= 15 is 0 Å². The number of nitrogens with one attached hydrogen (secondary N) is 1. The maximum absolute atomic E-state index is 12.1. The molecular formula is C12H22N2OS. The zero-order chi connectivity index (χ0) is 11.4. The van der Waals surface area contributed by atoms with Crippen LogP contribution in [-0.4, -0.2) is 49.0 Å². The van der Waals surface area contributed by atoms with Crippen molar-refractivity contribution in [2.45, 2.75) is 19.3 Å². The van der Waals surface area contributed by atoms with E-state index in [2.05, 4.69) is 5.32 Å². The maximum atomic E-state index is 12.1. The van der Waals surface area contributed by atoms with Crippen LogP contribution in [-0.2, 0) is 4.79 Å².